The lowest BCUT2D eigenvalue weighted by molar-refractivity contribution is 0.156. The smallest absolute Gasteiger partial charge is 0.0116 e. The molecule has 0 aromatic heterocycles. The fraction of sp³-hybridized carbons (Fsp3) is 1.00. The van der Waals surface area contributed by atoms with Gasteiger partial charge >= 0.3 is 0 Å². The van der Waals surface area contributed by atoms with Gasteiger partial charge in [0.15, 0.2) is 0 Å². The van der Waals surface area contributed by atoms with Crippen LogP contribution in [0.1, 0.15) is 6.92 Å². The third-order valence-electron chi connectivity index (χ3n) is 2.12. The molecule has 2 nitrogen and oxygen atoms in total. The Morgan fingerprint density at radius 1 is 1.27 bits per heavy atom. The average molecular weight is 174 g/mol. The predicted molar refractivity (Wildman–Crippen MR) is 52.4 cm³/mol. The second-order valence-electron chi connectivity index (χ2n) is 3.45. The van der Waals surface area contributed by atoms with E-state index in [-0.39, 0.29) is 0 Å². The van der Waals surface area contributed by atoms with Crippen LogP contribution in [-0.2, 0) is 0 Å². The molecule has 0 radical (unpaired) electrons. The van der Waals surface area contributed by atoms with Gasteiger partial charge in [-0.3, -0.25) is 4.90 Å². The summed E-state index contributed by atoms with van der Waals surface area (Å²) in [6.45, 7) is 8.13. The number of rotatable bonds is 2. The highest BCUT2D eigenvalue weighted by Gasteiger charge is 2.13. The van der Waals surface area contributed by atoms with E-state index in [1.54, 1.807) is 0 Å². The number of hydrogen-bond acceptors (Lipinski definition) is 3. The zero-order chi connectivity index (χ0) is 8.27. The van der Waals surface area contributed by atoms with Crippen molar-refractivity contribution >= 4 is 12.6 Å². The molecule has 66 valence electrons. The Bertz CT molecular complexity index is 109. The zero-order valence-electron chi connectivity index (χ0n) is 7.45. The van der Waals surface area contributed by atoms with Crippen LogP contribution in [0.15, 0.2) is 0 Å². The number of thiol groups is 1. The largest absolute Gasteiger partial charge is 0.304 e. The second kappa shape index (κ2) is 4.33. The van der Waals surface area contributed by atoms with Crippen LogP contribution in [-0.4, -0.2) is 54.8 Å². The number of hydrogen-bond donors (Lipinski definition) is 1. The molecule has 0 N–H and O–H groups in total. The molecule has 3 heteroatoms. The number of piperazine rings is 1. The van der Waals surface area contributed by atoms with E-state index in [9.17, 15) is 0 Å². The minimum absolute atomic E-state index is 0.512. The fourth-order valence-corrected chi connectivity index (χ4v) is 1.64. The van der Waals surface area contributed by atoms with Gasteiger partial charge in [0.1, 0.15) is 0 Å². The highest BCUT2D eigenvalue weighted by Crippen LogP contribution is 2.02. The van der Waals surface area contributed by atoms with Crippen molar-refractivity contribution in [1.82, 2.24) is 9.80 Å². The molecule has 1 unspecified atom stereocenters. The van der Waals surface area contributed by atoms with E-state index in [2.05, 4.69) is 36.4 Å². The highest BCUT2D eigenvalue weighted by atomic mass is 32.1. The molecule has 1 saturated heterocycles. The summed E-state index contributed by atoms with van der Waals surface area (Å²) < 4.78 is 0. The van der Waals surface area contributed by atoms with Gasteiger partial charge in [0.2, 0.25) is 0 Å². The van der Waals surface area contributed by atoms with Gasteiger partial charge in [-0.15, -0.1) is 0 Å². The first-order chi connectivity index (χ1) is 5.18. The summed E-state index contributed by atoms with van der Waals surface area (Å²) in [5.74, 6) is 0. The molecule has 0 spiro atoms. The zero-order valence-corrected chi connectivity index (χ0v) is 8.35. The molecule has 0 aliphatic carbocycles. The van der Waals surface area contributed by atoms with Gasteiger partial charge in [0, 0.05) is 38.0 Å². The highest BCUT2D eigenvalue weighted by molar-refractivity contribution is 7.80. The number of nitrogens with zero attached hydrogens (tertiary/aromatic N) is 2. The Morgan fingerprint density at radius 2 is 1.82 bits per heavy atom. The van der Waals surface area contributed by atoms with Crippen molar-refractivity contribution < 1.29 is 0 Å². The van der Waals surface area contributed by atoms with Crippen LogP contribution in [0.5, 0.6) is 0 Å². The molecule has 0 aromatic carbocycles. The lowest BCUT2D eigenvalue weighted by atomic mass is 10.3. The summed E-state index contributed by atoms with van der Waals surface area (Å²) in [5, 5.41) is 0.512. The molecule has 1 fully saturated rings. The van der Waals surface area contributed by atoms with Gasteiger partial charge in [0.05, 0.1) is 0 Å². The summed E-state index contributed by atoms with van der Waals surface area (Å²) in [5.41, 5.74) is 0. The predicted octanol–water partition coefficient (Wildman–Crippen LogP) is 0.552. The average Bonchev–Trinajstić information content (AvgIpc) is 1.93. The Balaban J connectivity index is 2.17. The van der Waals surface area contributed by atoms with Crippen LogP contribution in [0.25, 0.3) is 0 Å². The van der Waals surface area contributed by atoms with E-state index in [0.717, 1.165) is 6.54 Å². The molecule has 1 heterocycles. The molecule has 1 atom stereocenters. The first kappa shape index (κ1) is 9.36. The first-order valence-electron chi connectivity index (χ1n) is 4.27. The Morgan fingerprint density at radius 3 is 2.27 bits per heavy atom. The van der Waals surface area contributed by atoms with Crippen LogP contribution in [0.2, 0.25) is 0 Å². The van der Waals surface area contributed by atoms with Gasteiger partial charge < -0.3 is 4.90 Å². The van der Waals surface area contributed by atoms with Crippen molar-refractivity contribution in [2.45, 2.75) is 12.2 Å². The molecular weight excluding hydrogens is 156 g/mol. The van der Waals surface area contributed by atoms with Crippen molar-refractivity contribution in [3.63, 3.8) is 0 Å². The molecule has 11 heavy (non-hydrogen) atoms. The third kappa shape index (κ3) is 3.45. The molecule has 0 amide bonds. The fourth-order valence-electron chi connectivity index (χ4n) is 1.40. The maximum atomic E-state index is 4.38. The molecule has 0 aromatic rings. The van der Waals surface area contributed by atoms with Crippen molar-refractivity contribution in [3.05, 3.63) is 0 Å². The van der Waals surface area contributed by atoms with Gasteiger partial charge in [-0.25, -0.2) is 0 Å². The summed E-state index contributed by atoms with van der Waals surface area (Å²) in [6.07, 6.45) is 0. The Labute approximate surface area is 75.0 Å². The molecule has 1 aliphatic rings. The lowest BCUT2D eigenvalue weighted by Crippen LogP contribution is -2.46. The van der Waals surface area contributed by atoms with Crippen LogP contribution in [0.3, 0.4) is 0 Å². The molecule has 0 saturated carbocycles. The summed E-state index contributed by atoms with van der Waals surface area (Å²) in [7, 11) is 2.18. The van der Waals surface area contributed by atoms with E-state index in [4.69, 9.17) is 0 Å². The van der Waals surface area contributed by atoms with Gasteiger partial charge in [0.25, 0.3) is 0 Å². The minimum atomic E-state index is 0.512. The second-order valence-corrected chi connectivity index (χ2v) is 4.33. The van der Waals surface area contributed by atoms with E-state index in [1.165, 1.54) is 26.2 Å². The standard InChI is InChI=1S/C8H18N2S/c1-8(11)7-10-5-3-9(2)4-6-10/h8,11H,3-7H2,1-2H3. The molecule has 1 rings (SSSR count). The van der Waals surface area contributed by atoms with Crippen molar-refractivity contribution in [2.24, 2.45) is 0 Å². The maximum Gasteiger partial charge on any atom is 0.0116 e. The van der Waals surface area contributed by atoms with Gasteiger partial charge in [-0.1, -0.05) is 6.92 Å². The Kier molecular flexibility index (Phi) is 3.69. The maximum absolute atomic E-state index is 4.38. The lowest BCUT2D eigenvalue weighted by Gasteiger charge is -2.33. The molecule has 1 aliphatic heterocycles. The Hall–Kier alpha value is 0.270. The van der Waals surface area contributed by atoms with Crippen LogP contribution in [0.4, 0.5) is 0 Å². The molecular formula is C8H18N2S. The van der Waals surface area contributed by atoms with Crippen molar-refractivity contribution in [2.75, 3.05) is 39.8 Å². The van der Waals surface area contributed by atoms with Crippen molar-refractivity contribution in [1.29, 1.82) is 0 Å². The SMILES string of the molecule is CC(S)CN1CCN(C)CC1. The summed E-state index contributed by atoms with van der Waals surface area (Å²) in [6, 6.07) is 0. The monoisotopic (exact) mass is 174 g/mol. The van der Waals surface area contributed by atoms with E-state index in [1.807, 2.05) is 0 Å². The van der Waals surface area contributed by atoms with Crippen LogP contribution >= 0.6 is 12.6 Å². The van der Waals surface area contributed by atoms with E-state index < -0.39 is 0 Å². The summed E-state index contributed by atoms with van der Waals surface area (Å²) in [4.78, 5) is 4.86. The third-order valence-corrected chi connectivity index (χ3v) is 2.28. The quantitative estimate of drug-likeness (QED) is 0.611. The van der Waals surface area contributed by atoms with Gasteiger partial charge in [-0.05, 0) is 7.05 Å². The number of likely N-dealkylation sites (N-methyl/N-ethyl adjacent to an activating group) is 1. The molecule has 0 bridgehead atoms. The van der Waals surface area contributed by atoms with Gasteiger partial charge in [-0.2, -0.15) is 12.6 Å². The minimum Gasteiger partial charge on any atom is -0.304 e. The normalized spacial score (nSPS) is 25.4. The first-order valence-corrected chi connectivity index (χ1v) is 4.79. The summed E-state index contributed by atoms with van der Waals surface area (Å²) >= 11 is 4.38. The van der Waals surface area contributed by atoms with E-state index >= 15 is 0 Å². The van der Waals surface area contributed by atoms with E-state index in [0.29, 0.717) is 5.25 Å². The topological polar surface area (TPSA) is 6.48 Å². The van der Waals surface area contributed by atoms with Crippen LogP contribution < -0.4 is 0 Å². The van der Waals surface area contributed by atoms with Crippen LogP contribution in [0, 0.1) is 0 Å². The van der Waals surface area contributed by atoms with Crippen molar-refractivity contribution in [3.8, 4) is 0 Å².